The first-order chi connectivity index (χ1) is 15.0. The number of rotatable bonds is 5. The summed E-state index contributed by atoms with van der Waals surface area (Å²) in [6.07, 6.45) is 1.83. The van der Waals surface area contributed by atoms with E-state index in [1.165, 1.54) is 0 Å². The zero-order chi connectivity index (χ0) is 22.0. The summed E-state index contributed by atoms with van der Waals surface area (Å²) in [6, 6.07) is 17.9. The molecule has 2 heterocycles. The Kier molecular flexibility index (Phi) is 5.89. The molecule has 6 heteroatoms. The van der Waals surface area contributed by atoms with Gasteiger partial charge in [-0.3, -0.25) is 9.48 Å². The van der Waals surface area contributed by atoms with E-state index in [9.17, 15) is 9.59 Å². The number of aryl methyl sites for hydroxylation is 2. The molecule has 0 N–H and O–H groups in total. The zero-order valence-electron chi connectivity index (χ0n) is 18.2. The van der Waals surface area contributed by atoms with Crippen molar-refractivity contribution in [3.8, 4) is 0 Å². The third-order valence-corrected chi connectivity index (χ3v) is 5.88. The third-order valence-electron chi connectivity index (χ3n) is 5.88. The first kappa shape index (κ1) is 20.8. The topological polar surface area (TPSA) is 64.4 Å². The van der Waals surface area contributed by atoms with Crippen LogP contribution in [0, 0.1) is 13.8 Å². The van der Waals surface area contributed by atoms with Crippen LogP contribution in [0.2, 0.25) is 0 Å². The van der Waals surface area contributed by atoms with Crippen LogP contribution in [0.3, 0.4) is 0 Å². The molecule has 0 saturated heterocycles. The lowest BCUT2D eigenvalue weighted by molar-refractivity contribution is -0.122. The fourth-order valence-corrected chi connectivity index (χ4v) is 4.24. The van der Waals surface area contributed by atoms with Crippen molar-refractivity contribution in [2.24, 2.45) is 0 Å². The second-order valence-corrected chi connectivity index (χ2v) is 8.05. The van der Waals surface area contributed by atoms with Gasteiger partial charge >= 0.3 is 5.97 Å². The van der Waals surface area contributed by atoms with Gasteiger partial charge in [-0.25, -0.2) is 4.79 Å². The van der Waals surface area contributed by atoms with Crippen molar-refractivity contribution < 1.29 is 14.3 Å². The minimum Gasteiger partial charge on any atom is -0.452 e. The van der Waals surface area contributed by atoms with Gasteiger partial charge in [-0.2, -0.15) is 5.10 Å². The number of esters is 1. The summed E-state index contributed by atoms with van der Waals surface area (Å²) in [7, 11) is 0. The molecule has 0 saturated carbocycles. The highest BCUT2D eigenvalue weighted by Gasteiger charge is 2.29. The van der Waals surface area contributed by atoms with E-state index in [0.717, 1.165) is 35.3 Å². The minimum absolute atomic E-state index is 0.0678. The number of aromatic nitrogens is 2. The molecule has 3 aromatic rings. The number of benzene rings is 2. The van der Waals surface area contributed by atoms with Gasteiger partial charge in [-0.15, -0.1) is 0 Å². The van der Waals surface area contributed by atoms with Crippen molar-refractivity contribution in [1.82, 2.24) is 9.78 Å². The van der Waals surface area contributed by atoms with Crippen LogP contribution in [-0.2, 0) is 22.5 Å². The highest BCUT2D eigenvalue weighted by atomic mass is 16.5. The van der Waals surface area contributed by atoms with Gasteiger partial charge in [0.25, 0.3) is 5.91 Å². The Balaban J connectivity index is 1.46. The molecule has 1 aliphatic heterocycles. The molecular weight excluding hydrogens is 390 g/mol. The molecule has 6 nitrogen and oxygen atoms in total. The monoisotopic (exact) mass is 417 g/mol. The standard InChI is InChI=1S/C25H27N3O3/c1-17-13-14-21-11-7-8-12-22(21)28(17)23(29)16-31-25(30)24-18(2)26-27(19(24)3)15-20-9-5-4-6-10-20/h4-12,17H,13-16H2,1-3H3. The number of carbonyl (C=O) groups is 2. The Hall–Kier alpha value is -3.41. The molecule has 160 valence electrons. The van der Waals surface area contributed by atoms with Crippen molar-refractivity contribution in [3.05, 3.63) is 82.7 Å². The second kappa shape index (κ2) is 8.76. The number of hydrogen-bond donors (Lipinski definition) is 0. The maximum Gasteiger partial charge on any atom is 0.342 e. The molecule has 0 aliphatic carbocycles. The molecule has 1 amide bonds. The van der Waals surface area contributed by atoms with Gasteiger partial charge in [-0.05, 0) is 50.8 Å². The van der Waals surface area contributed by atoms with Crippen LogP contribution >= 0.6 is 0 Å². The van der Waals surface area contributed by atoms with E-state index in [1.807, 2.05) is 68.4 Å². The van der Waals surface area contributed by atoms with Gasteiger partial charge in [0.2, 0.25) is 0 Å². The van der Waals surface area contributed by atoms with Crippen molar-refractivity contribution >= 4 is 17.6 Å². The molecule has 1 unspecified atom stereocenters. The molecule has 4 rings (SSSR count). The van der Waals surface area contributed by atoms with E-state index >= 15 is 0 Å². The largest absolute Gasteiger partial charge is 0.452 e. The minimum atomic E-state index is -0.513. The van der Waals surface area contributed by atoms with Gasteiger partial charge in [-0.1, -0.05) is 48.5 Å². The summed E-state index contributed by atoms with van der Waals surface area (Å²) in [5.41, 5.74) is 4.91. The number of para-hydroxylation sites is 1. The molecule has 31 heavy (non-hydrogen) atoms. The van der Waals surface area contributed by atoms with Crippen LogP contribution in [0.15, 0.2) is 54.6 Å². The van der Waals surface area contributed by atoms with Crippen LogP contribution in [0.5, 0.6) is 0 Å². The summed E-state index contributed by atoms with van der Waals surface area (Å²) in [6.45, 7) is 5.94. The Bertz CT molecular complexity index is 1100. The number of nitrogens with zero attached hydrogens (tertiary/aromatic N) is 3. The van der Waals surface area contributed by atoms with Crippen molar-refractivity contribution in [3.63, 3.8) is 0 Å². The van der Waals surface area contributed by atoms with Crippen LogP contribution in [0.25, 0.3) is 0 Å². The Morgan fingerprint density at radius 3 is 2.55 bits per heavy atom. The predicted molar refractivity (Wildman–Crippen MR) is 119 cm³/mol. The molecule has 0 bridgehead atoms. The molecule has 2 aromatic carbocycles. The summed E-state index contributed by atoms with van der Waals surface area (Å²) < 4.78 is 7.25. The Morgan fingerprint density at radius 1 is 1.06 bits per heavy atom. The van der Waals surface area contributed by atoms with Gasteiger partial charge in [0.1, 0.15) is 5.56 Å². The van der Waals surface area contributed by atoms with Crippen molar-refractivity contribution in [2.75, 3.05) is 11.5 Å². The number of fused-ring (bicyclic) bond motifs is 1. The molecule has 1 aromatic heterocycles. The molecule has 1 aliphatic rings. The summed E-state index contributed by atoms with van der Waals surface area (Å²) in [5.74, 6) is -0.722. The average molecular weight is 418 g/mol. The van der Waals surface area contributed by atoms with Crippen LogP contribution < -0.4 is 4.90 Å². The summed E-state index contributed by atoms with van der Waals surface area (Å²) >= 11 is 0. The first-order valence-corrected chi connectivity index (χ1v) is 10.6. The van der Waals surface area contributed by atoms with Crippen LogP contribution in [-0.4, -0.2) is 34.3 Å². The predicted octanol–water partition coefficient (Wildman–Crippen LogP) is 4.07. The number of hydrogen-bond acceptors (Lipinski definition) is 4. The second-order valence-electron chi connectivity index (χ2n) is 8.05. The van der Waals surface area contributed by atoms with E-state index in [2.05, 4.69) is 5.10 Å². The number of ether oxygens (including phenoxy) is 1. The van der Waals surface area contributed by atoms with Crippen molar-refractivity contribution in [1.29, 1.82) is 0 Å². The normalized spacial score (nSPS) is 15.5. The van der Waals surface area contributed by atoms with E-state index in [0.29, 0.717) is 17.8 Å². The van der Waals surface area contributed by atoms with Crippen LogP contribution in [0.1, 0.15) is 46.2 Å². The van der Waals surface area contributed by atoms with Gasteiger partial charge in [0.15, 0.2) is 6.61 Å². The zero-order valence-corrected chi connectivity index (χ0v) is 18.2. The van der Waals surface area contributed by atoms with Gasteiger partial charge in [0, 0.05) is 11.7 Å². The van der Waals surface area contributed by atoms with Crippen molar-refractivity contribution in [2.45, 2.75) is 46.2 Å². The average Bonchev–Trinajstić information content (AvgIpc) is 3.05. The van der Waals surface area contributed by atoms with E-state index < -0.39 is 5.97 Å². The lowest BCUT2D eigenvalue weighted by atomic mass is 9.96. The molecule has 0 radical (unpaired) electrons. The fraction of sp³-hybridized carbons (Fsp3) is 0.320. The van der Waals surface area contributed by atoms with E-state index in [4.69, 9.17) is 4.74 Å². The molecule has 0 fully saturated rings. The smallest absolute Gasteiger partial charge is 0.342 e. The maximum absolute atomic E-state index is 13.0. The fourth-order valence-electron chi connectivity index (χ4n) is 4.24. The SMILES string of the molecule is Cc1nn(Cc2ccccc2)c(C)c1C(=O)OCC(=O)N1c2ccccc2CCC1C. The lowest BCUT2D eigenvalue weighted by Crippen LogP contribution is -2.44. The Morgan fingerprint density at radius 2 is 1.77 bits per heavy atom. The molecule has 1 atom stereocenters. The number of anilines is 1. The van der Waals surface area contributed by atoms with Gasteiger partial charge in [0.05, 0.1) is 17.9 Å². The highest BCUT2D eigenvalue weighted by Crippen LogP contribution is 2.30. The quantitative estimate of drug-likeness (QED) is 0.587. The number of carbonyl (C=O) groups excluding carboxylic acids is 2. The highest BCUT2D eigenvalue weighted by molar-refractivity contribution is 5.99. The van der Waals surface area contributed by atoms with Gasteiger partial charge < -0.3 is 9.64 Å². The van der Waals surface area contributed by atoms with Crippen LogP contribution in [0.4, 0.5) is 5.69 Å². The number of amides is 1. The summed E-state index contributed by atoms with van der Waals surface area (Å²) in [5, 5.41) is 4.51. The maximum atomic E-state index is 13.0. The van der Waals surface area contributed by atoms with E-state index in [-0.39, 0.29) is 18.6 Å². The third kappa shape index (κ3) is 4.24. The molecular formula is C25H27N3O3. The van der Waals surface area contributed by atoms with E-state index in [1.54, 1.807) is 16.5 Å². The first-order valence-electron chi connectivity index (χ1n) is 10.6. The molecule has 0 spiro atoms. The Labute approximate surface area is 182 Å². The lowest BCUT2D eigenvalue weighted by Gasteiger charge is -2.35. The summed E-state index contributed by atoms with van der Waals surface area (Å²) in [4.78, 5) is 27.5.